The van der Waals surface area contributed by atoms with Gasteiger partial charge in [0.25, 0.3) is 0 Å². The lowest BCUT2D eigenvalue weighted by atomic mass is 9.45. The van der Waals surface area contributed by atoms with Crippen molar-refractivity contribution in [2.24, 2.45) is 22.7 Å². The second-order valence-corrected chi connectivity index (χ2v) is 9.59. The Hall–Kier alpha value is -1.93. The molecule has 27 heavy (non-hydrogen) atoms. The molecule has 0 aliphatic heterocycles. The van der Waals surface area contributed by atoms with Gasteiger partial charge in [-0.1, -0.05) is 81.3 Å². The van der Waals surface area contributed by atoms with Crippen molar-refractivity contribution in [1.29, 1.82) is 0 Å². The van der Waals surface area contributed by atoms with Crippen LogP contribution in [0, 0.1) is 22.7 Å². The summed E-state index contributed by atoms with van der Waals surface area (Å²) in [6.45, 7) is 6.99. The monoisotopic (exact) mass is 362 g/mol. The van der Waals surface area contributed by atoms with E-state index in [0.717, 1.165) is 24.0 Å². The zero-order chi connectivity index (χ0) is 19.3. The number of benzene rings is 1. The van der Waals surface area contributed by atoms with E-state index in [1.807, 2.05) is 54.6 Å². The molecule has 1 aromatic rings. The predicted molar refractivity (Wildman–Crippen MR) is 110 cm³/mol. The third kappa shape index (κ3) is 3.04. The van der Waals surface area contributed by atoms with Crippen LogP contribution in [-0.2, 0) is 4.79 Å². The van der Waals surface area contributed by atoms with Crippen LogP contribution >= 0.6 is 0 Å². The van der Waals surface area contributed by atoms with Crippen LogP contribution < -0.4 is 0 Å². The number of hydrogen-bond acceptors (Lipinski definition) is 2. The second-order valence-electron chi connectivity index (χ2n) is 9.59. The Kier molecular flexibility index (Phi) is 4.31. The molecular weight excluding hydrogens is 332 g/mol. The van der Waals surface area contributed by atoms with Gasteiger partial charge >= 0.3 is 0 Å². The maximum atomic E-state index is 12.2. The van der Waals surface area contributed by atoms with Gasteiger partial charge in [-0.25, -0.2) is 0 Å². The van der Waals surface area contributed by atoms with Gasteiger partial charge in [-0.3, -0.25) is 4.79 Å². The van der Waals surface area contributed by atoms with E-state index in [-0.39, 0.29) is 22.5 Å². The Morgan fingerprint density at radius 1 is 1.11 bits per heavy atom. The van der Waals surface area contributed by atoms with Crippen molar-refractivity contribution < 1.29 is 9.90 Å². The van der Waals surface area contributed by atoms with Gasteiger partial charge in [0.1, 0.15) is 0 Å². The van der Waals surface area contributed by atoms with Crippen molar-refractivity contribution >= 4 is 11.9 Å². The highest BCUT2D eigenvalue weighted by Crippen LogP contribution is 2.64. The number of rotatable bonds is 2. The number of fused-ring (bicyclic) bond motifs is 3. The van der Waals surface area contributed by atoms with Crippen LogP contribution in [0.1, 0.15) is 52.0 Å². The number of allylic oxidation sites excluding steroid dienone is 2. The van der Waals surface area contributed by atoms with E-state index in [2.05, 4.69) is 20.8 Å². The highest BCUT2D eigenvalue weighted by molar-refractivity contribution is 6.01. The van der Waals surface area contributed by atoms with E-state index >= 15 is 0 Å². The molecule has 142 valence electrons. The highest BCUT2D eigenvalue weighted by Gasteiger charge is 2.58. The lowest BCUT2D eigenvalue weighted by Gasteiger charge is -2.60. The Balaban J connectivity index is 1.79. The zero-order valence-electron chi connectivity index (χ0n) is 16.6. The van der Waals surface area contributed by atoms with Gasteiger partial charge in [0.05, 0.1) is 5.60 Å². The van der Waals surface area contributed by atoms with Crippen molar-refractivity contribution in [3.63, 3.8) is 0 Å². The summed E-state index contributed by atoms with van der Waals surface area (Å²) in [5.41, 5.74) is 1.40. The molecule has 0 radical (unpaired) electrons. The third-order valence-electron chi connectivity index (χ3n) is 7.41. The lowest BCUT2D eigenvalue weighted by Crippen LogP contribution is -2.56. The summed E-state index contributed by atoms with van der Waals surface area (Å²) in [7, 11) is 0. The van der Waals surface area contributed by atoms with Crippen molar-refractivity contribution in [3.05, 3.63) is 65.8 Å². The number of hydrogen-bond donors (Lipinski definition) is 1. The fourth-order valence-corrected chi connectivity index (χ4v) is 5.94. The van der Waals surface area contributed by atoms with Gasteiger partial charge in [-0.2, -0.15) is 0 Å². The van der Waals surface area contributed by atoms with Crippen LogP contribution in [0.25, 0.3) is 6.08 Å². The standard InChI is InChI=1S/C25H30O2/c1-23(2)13-7-14-24(3)21-16-19(26)10-11-20(21)25(27,17-22(23)24)15-12-18-8-5-4-6-9-18/h4-6,8-12,15-16,20,22,27H,7,13-14,17H2,1-3H3/b15-12+. The molecular formula is C25H30O2. The molecule has 0 heterocycles. The molecule has 2 fully saturated rings. The summed E-state index contributed by atoms with van der Waals surface area (Å²) in [5, 5.41) is 11.8. The first kappa shape index (κ1) is 18.4. The van der Waals surface area contributed by atoms with Crippen LogP contribution in [0.2, 0.25) is 0 Å². The Labute approximate surface area is 162 Å². The van der Waals surface area contributed by atoms with E-state index in [0.29, 0.717) is 5.92 Å². The quantitative estimate of drug-likeness (QED) is 0.770. The van der Waals surface area contributed by atoms with Crippen molar-refractivity contribution in [2.75, 3.05) is 0 Å². The Morgan fingerprint density at radius 2 is 1.85 bits per heavy atom. The molecule has 1 aromatic carbocycles. The molecule has 0 amide bonds. The molecule has 1 N–H and O–H groups in total. The molecule has 2 saturated carbocycles. The minimum atomic E-state index is -0.961. The smallest absolute Gasteiger partial charge is 0.178 e. The van der Waals surface area contributed by atoms with E-state index in [1.54, 1.807) is 6.08 Å². The summed E-state index contributed by atoms with van der Waals surface area (Å²) in [6, 6.07) is 10.1. The minimum absolute atomic E-state index is 0.0142. The molecule has 2 heteroatoms. The molecule has 3 aliphatic rings. The van der Waals surface area contributed by atoms with Gasteiger partial charge in [0, 0.05) is 5.92 Å². The summed E-state index contributed by atoms with van der Waals surface area (Å²) in [6.07, 6.45) is 13.6. The molecule has 4 atom stereocenters. The summed E-state index contributed by atoms with van der Waals surface area (Å²) in [4.78, 5) is 12.2. The maximum absolute atomic E-state index is 12.2. The first-order valence-electron chi connectivity index (χ1n) is 10.2. The fourth-order valence-electron chi connectivity index (χ4n) is 5.94. The van der Waals surface area contributed by atoms with Crippen molar-refractivity contribution in [1.82, 2.24) is 0 Å². The largest absolute Gasteiger partial charge is 0.385 e. The zero-order valence-corrected chi connectivity index (χ0v) is 16.6. The first-order chi connectivity index (χ1) is 12.7. The van der Waals surface area contributed by atoms with Gasteiger partial charge in [-0.05, 0) is 53.7 Å². The number of ketones is 1. The maximum Gasteiger partial charge on any atom is 0.178 e. The SMILES string of the molecule is CC1(C)CCCC2(C)C3=CC(=O)C=CC3C(O)(/C=C/c3ccccc3)CC12. The molecule has 4 rings (SSSR count). The van der Waals surface area contributed by atoms with Crippen LogP contribution in [0.5, 0.6) is 0 Å². The fraction of sp³-hybridized carbons (Fsp3) is 0.480. The molecule has 4 unspecified atom stereocenters. The second kappa shape index (κ2) is 6.31. The predicted octanol–water partition coefficient (Wildman–Crippen LogP) is 5.35. The van der Waals surface area contributed by atoms with Gasteiger partial charge in [0.15, 0.2) is 5.78 Å². The van der Waals surface area contributed by atoms with Crippen LogP contribution in [0.4, 0.5) is 0 Å². The van der Waals surface area contributed by atoms with E-state index in [9.17, 15) is 9.90 Å². The topological polar surface area (TPSA) is 37.3 Å². The van der Waals surface area contributed by atoms with Crippen molar-refractivity contribution in [2.45, 2.75) is 52.1 Å². The Bertz CT molecular complexity index is 829. The summed E-state index contributed by atoms with van der Waals surface area (Å²) in [5.74, 6) is 0.289. The average molecular weight is 363 g/mol. The lowest BCUT2D eigenvalue weighted by molar-refractivity contribution is -0.112. The van der Waals surface area contributed by atoms with E-state index < -0.39 is 5.60 Å². The highest BCUT2D eigenvalue weighted by atomic mass is 16.3. The average Bonchev–Trinajstić information content (AvgIpc) is 2.63. The summed E-state index contributed by atoms with van der Waals surface area (Å²) < 4.78 is 0. The molecule has 0 bridgehead atoms. The molecule has 3 aliphatic carbocycles. The summed E-state index contributed by atoms with van der Waals surface area (Å²) >= 11 is 0. The first-order valence-corrected chi connectivity index (χ1v) is 10.2. The normalized spacial score (nSPS) is 37.6. The third-order valence-corrected chi connectivity index (χ3v) is 7.41. The number of aliphatic hydroxyl groups is 1. The molecule has 0 spiro atoms. The van der Waals surface area contributed by atoms with Gasteiger partial charge in [-0.15, -0.1) is 0 Å². The van der Waals surface area contributed by atoms with Crippen LogP contribution in [0.15, 0.2) is 60.2 Å². The van der Waals surface area contributed by atoms with Gasteiger partial charge < -0.3 is 5.11 Å². The van der Waals surface area contributed by atoms with Crippen LogP contribution in [0.3, 0.4) is 0 Å². The van der Waals surface area contributed by atoms with Gasteiger partial charge in [0.2, 0.25) is 0 Å². The Morgan fingerprint density at radius 3 is 2.59 bits per heavy atom. The van der Waals surface area contributed by atoms with E-state index in [4.69, 9.17) is 0 Å². The van der Waals surface area contributed by atoms with Crippen molar-refractivity contribution in [3.8, 4) is 0 Å². The number of carbonyl (C=O) groups excluding carboxylic acids is 1. The minimum Gasteiger partial charge on any atom is -0.385 e. The number of carbonyl (C=O) groups is 1. The molecule has 2 nitrogen and oxygen atoms in total. The van der Waals surface area contributed by atoms with Crippen LogP contribution in [-0.4, -0.2) is 16.5 Å². The van der Waals surface area contributed by atoms with E-state index in [1.165, 1.54) is 12.8 Å². The molecule has 0 saturated heterocycles. The molecule has 0 aromatic heterocycles.